The highest BCUT2D eigenvalue weighted by Crippen LogP contribution is 2.31. The number of nitriles is 1. The largest absolute Gasteiger partial charge is 0.478 e. The van der Waals surface area contributed by atoms with Gasteiger partial charge >= 0.3 is 5.97 Å². The summed E-state index contributed by atoms with van der Waals surface area (Å²) in [5, 5.41) is 17.1. The minimum absolute atomic E-state index is 0.0660. The molecule has 20 heavy (non-hydrogen) atoms. The van der Waals surface area contributed by atoms with Crippen LogP contribution in [0, 0.1) is 11.3 Å². The van der Waals surface area contributed by atoms with Gasteiger partial charge in [0, 0.05) is 18.4 Å². The van der Waals surface area contributed by atoms with Gasteiger partial charge < -0.3 is 5.11 Å². The average molecular weight is 336 g/mol. The first-order valence-electron chi connectivity index (χ1n) is 5.21. The van der Waals surface area contributed by atoms with Crippen LogP contribution in [-0.2, 0) is 20.6 Å². The van der Waals surface area contributed by atoms with Gasteiger partial charge in [-0.05, 0) is 12.1 Å². The van der Waals surface area contributed by atoms with Gasteiger partial charge in [-0.3, -0.25) is 4.21 Å². The van der Waals surface area contributed by atoms with Crippen molar-refractivity contribution in [2.24, 2.45) is 0 Å². The molecule has 1 rings (SSSR count). The van der Waals surface area contributed by atoms with Gasteiger partial charge in [-0.2, -0.15) is 5.26 Å². The third kappa shape index (κ3) is 3.56. The number of nitrogens with zero attached hydrogens (tertiary/aromatic N) is 1. The Bertz CT molecular complexity index is 721. The lowest BCUT2D eigenvalue weighted by Gasteiger charge is -2.11. The van der Waals surface area contributed by atoms with Crippen molar-refractivity contribution in [3.63, 3.8) is 0 Å². The molecule has 1 aromatic rings. The summed E-state index contributed by atoms with van der Waals surface area (Å²) in [6.07, 6.45) is 0.841. The Morgan fingerprint density at radius 2 is 2.10 bits per heavy atom. The lowest BCUT2D eigenvalue weighted by Crippen LogP contribution is -2.10. The number of carboxylic acid groups (broad SMARTS) is 1. The molecule has 0 aliphatic rings. The zero-order valence-electron chi connectivity index (χ0n) is 10.3. The first-order chi connectivity index (χ1) is 9.20. The molecule has 0 fully saturated rings. The molecule has 0 radical (unpaired) electrons. The quantitative estimate of drug-likeness (QED) is 0.871. The summed E-state index contributed by atoms with van der Waals surface area (Å²) in [6.45, 7) is 0. The molecular weight excluding hydrogens is 326 g/mol. The smallest absolute Gasteiger partial charge is 0.337 e. The Balaban J connectivity index is 3.58. The van der Waals surface area contributed by atoms with Gasteiger partial charge in [0.15, 0.2) is 9.84 Å². The Hall–Kier alpha value is -1.43. The van der Waals surface area contributed by atoms with E-state index >= 15 is 0 Å². The van der Waals surface area contributed by atoms with E-state index in [9.17, 15) is 17.4 Å². The molecule has 0 heterocycles. The number of aromatic carboxylic acids is 1. The third-order valence-corrected chi connectivity index (χ3v) is 5.55. The Morgan fingerprint density at radius 3 is 2.55 bits per heavy atom. The van der Waals surface area contributed by atoms with Gasteiger partial charge in [-0.15, -0.1) is 0 Å². The maximum atomic E-state index is 12.1. The summed E-state index contributed by atoms with van der Waals surface area (Å²) in [5.74, 6) is -1.48. The second kappa shape index (κ2) is 6.35. The van der Waals surface area contributed by atoms with Crippen molar-refractivity contribution < 1.29 is 22.5 Å². The van der Waals surface area contributed by atoms with E-state index in [0.717, 1.165) is 18.4 Å². The van der Waals surface area contributed by atoms with Gasteiger partial charge in [-0.25, -0.2) is 13.2 Å². The van der Waals surface area contributed by atoms with Gasteiger partial charge in [-0.1, -0.05) is 11.6 Å². The van der Waals surface area contributed by atoms with E-state index in [4.69, 9.17) is 22.0 Å². The first kappa shape index (κ1) is 16.6. The summed E-state index contributed by atoms with van der Waals surface area (Å²) >= 11 is 5.87. The van der Waals surface area contributed by atoms with E-state index in [1.54, 1.807) is 6.07 Å². The molecule has 0 spiro atoms. The van der Waals surface area contributed by atoms with Crippen LogP contribution in [0.1, 0.15) is 16.8 Å². The summed E-state index contributed by atoms with van der Waals surface area (Å²) in [6, 6.07) is 3.89. The first-order valence-corrected chi connectivity index (χ1v) is 8.80. The van der Waals surface area contributed by atoms with E-state index in [1.807, 2.05) is 0 Å². The summed E-state index contributed by atoms with van der Waals surface area (Å²) in [7, 11) is -5.60. The monoisotopic (exact) mass is 335 g/mol. The van der Waals surface area contributed by atoms with Crippen molar-refractivity contribution in [3.05, 3.63) is 22.7 Å². The predicted octanol–water partition coefficient (Wildman–Crippen LogP) is 1.46. The fourth-order valence-corrected chi connectivity index (χ4v) is 4.58. The van der Waals surface area contributed by atoms with E-state index < -0.39 is 26.6 Å². The highest BCUT2D eigenvalue weighted by atomic mass is 35.5. The zero-order chi connectivity index (χ0) is 15.5. The molecule has 108 valence electrons. The van der Waals surface area contributed by atoms with Gasteiger partial charge in [0.2, 0.25) is 0 Å². The fraction of sp³-hybridized carbons (Fsp3) is 0.273. The van der Waals surface area contributed by atoms with Crippen molar-refractivity contribution >= 4 is 38.2 Å². The maximum absolute atomic E-state index is 12.1. The molecular formula is C11H10ClNO5S2. The third-order valence-electron chi connectivity index (χ3n) is 2.32. The molecule has 6 nitrogen and oxygen atoms in total. The SMILES string of the molecule is CS(=O)(=O)c1ccc(C(=O)O)c(Cl)c1S(=O)CCC#N. The number of hydrogen-bond donors (Lipinski definition) is 1. The van der Waals surface area contributed by atoms with Gasteiger partial charge in [0.25, 0.3) is 0 Å². The van der Waals surface area contributed by atoms with Crippen molar-refractivity contribution in [1.82, 2.24) is 0 Å². The molecule has 1 unspecified atom stereocenters. The lowest BCUT2D eigenvalue weighted by atomic mass is 10.2. The van der Waals surface area contributed by atoms with E-state index in [2.05, 4.69) is 0 Å². The fourth-order valence-electron chi connectivity index (χ4n) is 1.45. The van der Waals surface area contributed by atoms with Crippen LogP contribution in [-0.4, -0.2) is 35.7 Å². The Kier molecular flexibility index (Phi) is 5.28. The number of hydrogen-bond acceptors (Lipinski definition) is 5. The summed E-state index contributed by atoms with van der Waals surface area (Å²) in [4.78, 5) is 10.4. The van der Waals surface area contributed by atoms with Crippen LogP contribution in [0.15, 0.2) is 21.9 Å². The molecule has 0 aliphatic carbocycles. The Labute approximate surface area is 123 Å². The molecule has 1 aromatic carbocycles. The number of sulfone groups is 1. The molecule has 0 saturated carbocycles. The summed E-state index contributed by atoms with van der Waals surface area (Å²) in [5.41, 5.74) is -0.334. The highest BCUT2D eigenvalue weighted by molar-refractivity contribution is 7.92. The topological polar surface area (TPSA) is 112 Å². The Morgan fingerprint density at radius 1 is 1.50 bits per heavy atom. The minimum atomic E-state index is -3.72. The molecule has 1 atom stereocenters. The highest BCUT2D eigenvalue weighted by Gasteiger charge is 2.25. The van der Waals surface area contributed by atoms with E-state index in [0.29, 0.717) is 0 Å². The second-order valence-electron chi connectivity index (χ2n) is 3.79. The van der Waals surface area contributed by atoms with Crippen molar-refractivity contribution in [2.45, 2.75) is 16.2 Å². The lowest BCUT2D eigenvalue weighted by molar-refractivity contribution is 0.0696. The standard InChI is InChI=1S/C11H10ClNO5S2/c1-20(17,18)8-4-3-7(11(14)15)9(12)10(8)19(16)6-2-5-13/h3-4H,2,6H2,1H3,(H,14,15). The maximum Gasteiger partial charge on any atom is 0.337 e. The van der Waals surface area contributed by atoms with Crippen LogP contribution in [0.2, 0.25) is 5.02 Å². The second-order valence-corrected chi connectivity index (χ2v) is 7.66. The van der Waals surface area contributed by atoms with Crippen LogP contribution in [0.25, 0.3) is 0 Å². The number of benzene rings is 1. The zero-order valence-corrected chi connectivity index (χ0v) is 12.7. The van der Waals surface area contributed by atoms with Crippen molar-refractivity contribution in [1.29, 1.82) is 5.26 Å². The van der Waals surface area contributed by atoms with Gasteiger partial charge in [0.1, 0.15) is 0 Å². The number of carboxylic acids is 1. The number of halogens is 1. The predicted molar refractivity (Wildman–Crippen MR) is 73.0 cm³/mol. The molecule has 0 saturated heterocycles. The molecule has 0 aromatic heterocycles. The van der Waals surface area contributed by atoms with E-state index in [1.165, 1.54) is 0 Å². The van der Waals surface area contributed by atoms with E-state index in [-0.39, 0.29) is 32.6 Å². The molecule has 0 amide bonds. The number of carbonyl (C=O) groups is 1. The molecule has 1 N–H and O–H groups in total. The number of rotatable bonds is 5. The molecule has 0 bridgehead atoms. The minimum Gasteiger partial charge on any atom is -0.478 e. The van der Waals surface area contributed by atoms with Crippen molar-refractivity contribution in [2.75, 3.05) is 12.0 Å². The molecule has 9 heteroatoms. The molecule has 0 aliphatic heterocycles. The van der Waals surface area contributed by atoms with Gasteiger partial charge in [0.05, 0.1) is 37.2 Å². The average Bonchev–Trinajstić information content (AvgIpc) is 2.33. The van der Waals surface area contributed by atoms with Crippen molar-refractivity contribution in [3.8, 4) is 6.07 Å². The van der Waals surface area contributed by atoms with Crippen LogP contribution >= 0.6 is 11.6 Å². The normalized spacial score (nSPS) is 12.7. The van der Waals surface area contributed by atoms with Crippen LogP contribution in [0.4, 0.5) is 0 Å². The van der Waals surface area contributed by atoms with Crippen LogP contribution in [0.3, 0.4) is 0 Å². The summed E-state index contributed by atoms with van der Waals surface area (Å²) < 4.78 is 35.4. The van der Waals surface area contributed by atoms with Crippen LogP contribution < -0.4 is 0 Å². The van der Waals surface area contributed by atoms with Crippen LogP contribution in [0.5, 0.6) is 0 Å².